The largest absolute Gasteiger partial charge is 0.489 e. The smallest absolute Gasteiger partial charge is 0.250 e. The number of carbonyl (C=O) groups excluding carboxylic acids is 1. The minimum absolute atomic E-state index is 0.0276. The first-order valence-electron chi connectivity index (χ1n) is 9.62. The van der Waals surface area contributed by atoms with Crippen molar-refractivity contribution in [3.8, 4) is 5.75 Å². The van der Waals surface area contributed by atoms with Crippen LogP contribution in [0.4, 0.5) is 4.39 Å². The lowest BCUT2D eigenvalue weighted by atomic mass is 9.95. The number of thioether (sulfide) groups is 1. The third-order valence-corrected chi connectivity index (χ3v) is 5.01. The van der Waals surface area contributed by atoms with Crippen LogP contribution in [0.3, 0.4) is 0 Å². The maximum absolute atomic E-state index is 12.5. The second-order valence-corrected chi connectivity index (χ2v) is 7.25. The van der Waals surface area contributed by atoms with Crippen molar-refractivity contribution in [1.29, 1.82) is 0 Å². The van der Waals surface area contributed by atoms with Gasteiger partial charge in [0, 0.05) is 10.9 Å². The molecule has 154 valence electrons. The van der Waals surface area contributed by atoms with Crippen molar-refractivity contribution in [2.24, 2.45) is 4.99 Å². The van der Waals surface area contributed by atoms with Gasteiger partial charge in [0.05, 0.1) is 11.8 Å². The van der Waals surface area contributed by atoms with E-state index in [2.05, 4.69) is 23.1 Å². The number of halogens is 1. The Bertz CT molecular complexity index is 656. The number of nitrogens with one attached hydrogen (secondary N) is 1. The van der Waals surface area contributed by atoms with Gasteiger partial charge in [-0.3, -0.25) is 9.79 Å². The quantitative estimate of drug-likeness (QED) is 0.342. The van der Waals surface area contributed by atoms with Crippen LogP contribution in [0.5, 0.6) is 5.75 Å². The zero-order chi connectivity index (χ0) is 20.6. The third-order valence-electron chi connectivity index (χ3n) is 4.28. The zero-order valence-corrected chi connectivity index (χ0v) is 17.6. The molecule has 1 aromatic rings. The minimum atomic E-state index is 0.0276. The number of ether oxygens (including phenoxy) is 1. The van der Waals surface area contributed by atoms with E-state index in [0.717, 1.165) is 41.7 Å². The maximum Gasteiger partial charge on any atom is 0.250 e. The summed E-state index contributed by atoms with van der Waals surface area (Å²) in [4.78, 5) is 16.7. The Morgan fingerprint density at radius 2 is 2.14 bits per heavy atom. The molecule has 0 radical (unpaired) electrons. The molecule has 0 bridgehead atoms. The van der Waals surface area contributed by atoms with E-state index < -0.39 is 0 Å². The lowest BCUT2D eigenvalue weighted by Crippen LogP contribution is -2.38. The van der Waals surface area contributed by atoms with Crippen molar-refractivity contribution in [2.45, 2.75) is 56.4 Å². The number of rotatable bonds is 8. The maximum atomic E-state index is 12.5. The number of benzene rings is 1. The van der Waals surface area contributed by atoms with E-state index in [-0.39, 0.29) is 5.91 Å². The predicted molar refractivity (Wildman–Crippen MR) is 117 cm³/mol. The van der Waals surface area contributed by atoms with Gasteiger partial charge in [-0.15, -0.1) is 11.8 Å². The number of carbonyl (C=O) groups is 1. The Morgan fingerprint density at radius 3 is 2.71 bits per heavy atom. The summed E-state index contributed by atoms with van der Waals surface area (Å²) in [5.74, 6) is 0.837. The number of amides is 1. The summed E-state index contributed by atoms with van der Waals surface area (Å²) >= 11 is 1.68. The molecule has 0 atom stereocenters. The van der Waals surface area contributed by atoms with E-state index in [0.29, 0.717) is 19.0 Å². The summed E-state index contributed by atoms with van der Waals surface area (Å²) in [6.45, 7) is 5.34. The molecule has 0 saturated heterocycles. The molecule has 1 aliphatic rings. The van der Waals surface area contributed by atoms with Crippen molar-refractivity contribution >= 4 is 24.4 Å². The van der Waals surface area contributed by atoms with Crippen LogP contribution < -0.4 is 10.1 Å². The highest BCUT2D eigenvalue weighted by molar-refractivity contribution is 7.98. The summed E-state index contributed by atoms with van der Waals surface area (Å²) in [5, 5.41) is 3.17. The topological polar surface area (TPSA) is 50.7 Å². The van der Waals surface area contributed by atoms with Crippen molar-refractivity contribution in [2.75, 3.05) is 12.9 Å². The first-order valence-corrected chi connectivity index (χ1v) is 10.8. The average molecular weight is 407 g/mol. The Hall–Kier alpha value is -2.08. The molecular weight excluding hydrogens is 375 g/mol. The molecule has 6 heteroatoms. The molecule has 1 fully saturated rings. The van der Waals surface area contributed by atoms with Gasteiger partial charge in [-0.05, 0) is 50.4 Å². The van der Waals surface area contributed by atoms with Crippen LogP contribution >= 0.6 is 11.8 Å². The van der Waals surface area contributed by atoms with Gasteiger partial charge in [0.1, 0.15) is 18.7 Å². The molecule has 1 N–H and O–H groups in total. The van der Waals surface area contributed by atoms with E-state index in [1.54, 1.807) is 11.8 Å². The molecule has 0 spiro atoms. The second kappa shape index (κ2) is 14.9. The van der Waals surface area contributed by atoms with E-state index in [4.69, 9.17) is 4.74 Å². The zero-order valence-electron chi connectivity index (χ0n) is 16.8. The summed E-state index contributed by atoms with van der Waals surface area (Å²) in [6, 6.07) is 8.30. The Balaban J connectivity index is 0.000000696. The number of nitrogens with zero attached hydrogens (tertiary/aromatic N) is 1. The molecule has 0 aromatic heterocycles. The molecule has 28 heavy (non-hydrogen) atoms. The Morgan fingerprint density at radius 1 is 1.39 bits per heavy atom. The molecule has 4 nitrogen and oxygen atoms in total. The van der Waals surface area contributed by atoms with Gasteiger partial charge in [-0.1, -0.05) is 38.3 Å². The number of aliphatic imine (C=N–C) groups is 1. The summed E-state index contributed by atoms with van der Waals surface area (Å²) in [5.41, 5.74) is 0.729. The van der Waals surface area contributed by atoms with Crippen LogP contribution in [-0.2, 0) is 4.79 Å². The third kappa shape index (κ3) is 9.74. The molecule has 0 aliphatic heterocycles. The van der Waals surface area contributed by atoms with Crippen LogP contribution in [0.25, 0.3) is 0 Å². The Labute approximate surface area is 172 Å². The molecule has 1 aliphatic carbocycles. The first kappa shape index (κ1) is 24.0. The molecule has 0 unspecified atom stereocenters. The van der Waals surface area contributed by atoms with Crippen LogP contribution in [0.2, 0.25) is 0 Å². The Kier molecular flexibility index (Phi) is 12.8. The van der Waals surface area contributed by atoms with Gasteiger partial charge in [0.15, 0.2) is 0 Å². The van der Waals surface area contributed by atoms with Gasteiger partial charge < -0.3 is 10.1 Å². The van der Waals surface area contributed by atoms with Crippen LogP contribution in [0, 0.1) is 0 Å². The normalized spacial score (nSPS) is 14.9. The standard InChI is InChI=1S/C19H27NO2S.C3H4FN/c1-3-8-15(19(21)20-16-9-5-4-6-10-16)14-22-17-11-7-12-18(13-17)23-2;1-5-3-2-4/h7-8,11-13,16H,3-6,9-10,14H2,1-2H3,(H,20,21);2-3H,1H2/b15-8+;3-2+. The number of hydrogen-bond donors (Lipinski definition) is 1. The summed E-state index contributed by atoms with van der Waals surface area (Å²) in [7, 11) is 0. The van der Waals surface area contributed by atoms with Crippen molar-refractivity contribution < 1.29 is 13.9 Å². The lowest BCUT2D eigenvalue weighted by Gasteiger charge is -2.23. The van der Waals surface area contributed by atoms with Crippen LogP contribution in [-0.4, -0.2) is 31.5 Å². The SMILES string of the molecule is C=N/C=C/F.CC/C=C(\COc1cccc(SC)c1)C(=O)NC1CCCCC1. The van der Waals surface area contributed by atoms with Crippen LogP contribution in [0.15, 0.2) is 58.3 Å². The average Bonchev–Trinajstić information content (AvgIpc) is 2.73. The van der Waals surface area contributed by atoms with Crippen molar-refractivity contribution in [3.05, 3.63) is 48.4 Å². The fourth-order valence-electron chi connectivity index (χ4n) is 2.88. The van der Waals surface area contributed by atoms with Crippen molar-refractivity contribution in [1.82, 2.24) is 5.32 Å². The fraction of sp³-hybridized carbons (Fsp3) is 0.455. The van der Waals surface area contributed by atoms with E-state index >= 15 is 0 Å². The van der Waals surface area contributed by atoms with Gasteiger partial charge in [0.2, 0.25) is 0 Å². The predicted octanol–water partition coefficient (Wildman–Crippen LogP) is 5.70. The highest BCUT2D eigenvalue weighted by atomic mass is 32.2. The first-order chi connectivity index (χ1) is 13.6. The van der Waals surface area contributed by atoms with E-state index in [1.165, 1.54) is 19.3 Å². The lowest BCUT2D eigenvalue weighted by molar-refractivity contribution is -0.118. The molecule has 1 saturated carbocycles. The van der Waals surface area contributed by atoms with Crippen LogP contribution in [0.1, 0.15) is 45.4 Å². The van der Waals surface area contributed by atoms with E-state index in [1.807, 2.05) is 37.5 Å². The number of hydrogen-bond acceptors (Lipinski definition) is 4. The van der Waals surface area contributed by atoms with Gasteiger partial charge in [0.25, 0.3) is 5.91 Å². The van der Waals surface area contributed by atoms with Gasteiger partial charge in [-0.2, -0.15) is 0 Å². The number of allylic oxidation sites excluding steroid dienone is 1. The highest BCUT2D eigenvalue weighted by Gasteiger charge is 2.18. The fourth-order valence-corrected chi connectivity index (χ4v) is 3.33. The second-order valence-electron chi connectivity index (χ2n) is 6.37. The monoisotopic (exact) mass is 406 g/mol. The molecule has 2 rings (SSSR count). The summed E-state index contributed by atoms with van der Waals surface area (Å²) in [6.07, 6.45) is 12.1. The molecule has 0 heterocycles. The summed E-state index contributed by atoms with van der Waals surface area (Å²) < 4.78 is 16.5. The highest BCUT2D eigenvalue weighted by Crippen LogP contribution is 2.21. The molecule has 1 amide bonds. The molecule has 1 aromatic carbocycles. The van der Waals surface area contributed by atoms with E-state index in [9.17, 15) is 9.18 Å². The van der Waals surface area contributed by atoms with Crippen molar-refractivity contribution in [3.63, 3.8) is 0 Å². The van der Waals surface area contributed by atoms with Gasteiger partial charge >= 0.3 is 0 Å². The molecular formula is C22H31FN2O2S. The minimum Gasteiger partial charge on any atom is -0.489 e. The van der Waals surface area contributed by atoms with Gasteiger partial charge in [-0.25, -0.2) is 4.39 Å².